The molecule has 0 spiro atoms. The minimum atomic E-state index is -1.56. The first-order valence-corrected chi connectivity index (χ1v) is 3.32. The maximum Gasteiger partial charge on any atom is 0.368 e. The maximum absolute atomic E-state index is 12.4. The Bertz CT molecular complexity index is 224. The molecule has 0 aromatic heterocycles. The summed E-state index contributed by atoms with van der Waals surface area (Å²) >= 11 is 5.17. The Balaban J connectivity index is 4.20. The molecule has 0 saturated carbocycles. The van der Waals surface area contributed by atoms with Crippen LogP contribution in [-0.2, 0) is 14.3 Å². The molecule has 0 bridgehead atoms. The zero-order chi connectivity index (χ0) is 9.72. The summed E-state index contributed by atoms with van der Waals surface area (Å²) in [5.41, 5.74) is -0.995. The molecular weight excluding hydrogens is 191 g/mol. The second-order valence-corrected chi connectivity index (χ2v) is 2.39. The topological polar surface area (TPSA) is 63.6 Å². The van der Waals surface area contributed by atoms with E-state index in [0.717, 1.165) is 0 Å². The van der Waals surface area contributed by atoms with Crippen LogP contribution in [0.1, 0.15) is 6.92 Å². The number of halogens is 2. The van der Waals surface area contributed by atoms with E-state index in [4.69, 9.17) is 16.7 Å². The number of carbonyl (C=O) groups is 2. The van der Waals surface area contributed by atoms with E-state index < -0.39 is 23.3 Å². The lowest BCUT2D eigenvalue weighted by Gasteiger charge is -2.02. The van der Waals surface area contributed by atoms with Gasteiger partial charge in [-0.25, -0.2) is 9.59 Å². The predicted molar refractivity (Wildman–Crippen MR) is 38.2 cm³/mol. The minimum Gasteiger partial charge on any atom is -0.478 e. The molecule has 68 valence electrons. The molecule has 0 heterocycles. The van der Waals surface area contributed by atoms with Crippen LogP contribution in [0.25, 0.3) is 0 Å². The number of esters is 1. The van der Waals surface area contributed by atoms with Crippen LogP contribution in [0.3, 0.4) is 0 Å². The normalized spacial score (nSPS) is 13.8. The zero-order valence-electron chi connectivity index (χ0n) is 6.08. The van der Waals surface area contributed by atoms with Gasteiger partial charge >= 0.3 is 11.9 Å². The van der Waals surface area contributed by atoms with E-state index in [1.807, 2.05) is 0 Å². The molecule has 1 N–H and O–H groups in total. The Labute approximate surface area is 72.6 Å². The quantitative estimate of drug-likeness (QED) is 0.416. The highest BCUT2D eigenvalue weighted by molar-refractivity contribution is 6.20. The number of alkyl halides is 1. The Morgan fingerprint density at radius 3 is 2.50 bits per heavy atom. The van der Waals surface area contributed by atoms with Gasteiger partial charge in [0.1, 0.15) is 0 Å². The van der Waals surface area contributed by atoms with Crippen LogP contribution in [0.5, 0.6) is 0 Å². The number of carboxylic acid groups (broad SMARTS) is 1. The molecule has 0 aromatic carbocycles. The molecule has 0 saturated heterocycles. The monoisotopic (exact) mass is 196 g/mol. The van der Waals surface area contributed by atoms with Crippen molar-refractivity contribution in [2.75, 3.05) is 0 Å². The van der Waals surface area contributed by atoms with Crippen molar-refractivity contribution in [1.29, 1.82) is 0 Å². The summed E-state index contributed by atoms with van der Waals surface area (Å²) in [6, 6.07) is 0. The van der Waals surface area contributed by atoms with Crippen LogP contribution in [0, 0.1) is 0 Å². The van der Waals surface area contributed by atoms with Gasteiger partial charge in [0, 0.05) is 0 Å². The van der Waals surface area contributed by atoms with Gasteiger partial charge in [0.2, 0.25) is 5.83 Å². The van der Waals surface area contributed by atoms with Crippen molar-refractivity contribution in [3.8, 4) is 0 Å². The van der Waals surface area contributed by atoms with Gasteiger partial charge in [0.15, 0.2) is 5.56 Å². The van der Waals surface area contributed by atoms with Crippen LogP contribution < -0.4 is 0 Å². The van der Waals surface area contributed by atoms with Gasteiger partial charge in [-0.3, -0.25) is 0 Å². The van der Waals surface area contributed by atoms with Gasteiger partial charge in [-0.1, -0.05) is 11.6 Å². The number of ether oxygens (including phenoxy) is 1. The van der Waals surface area contributed by atoms with E-state index in [2.05, 4.69) is 4.74 Å². The Morgan fingerprint density at radius 2 is 2.17 bits per heavy atom. The highest BCUT2D eigenvalue weighted by Crippen LogP contribution is 2.04. The minimum absolute atomic E-state index is 0.0988. The fourth-order valence-corrected chi connectivity index (χ4v) is 0.452. The van der Waals surface area contributed by atoms with Crippen molar-refractivity contribution in [3.05, 3.63) is 11.9 Å². The van der Waals surface area contributed by atoms with Crippen molar-refractivity contribution in [3.63, 3.8) is 0 Å². The molecular formula is C6H6ClFO4. The third kappa shape index (κ3) is 4.68. The van der Waals surface area contributed by atoms with Gasteiger partial charge in [-0.2, -0.15) is 4.39 Å². The van der Waals surface area contributed by atoms with Crippen molar-refractivity contribution in [2.24, 2.45) is 0 Å². The van der Waals surface area contributed by atoms with Crippen molar-refractivity contribution >= 4 is 23.5 Å². The molecule has 4 nitrogen and oxygen atoms in total. The van der Waals surface area contributed by atoms with Gasteiger partial charge < -0.3 is 9.84 Å². The third-order valence-corrected chi connectivity index (χ3v) is 0.804. The number of hydrogen-bond acceptors (Lipinski definition) is 3. The van der Waals surface area contributed by atoms with E-state index in [0.29, 0.717) is 0 Å². The number of hydrogen-bond donors (Lipinski definition) is 1. The van der Waals surface area contributed by atoms with E-state index in [1.165, 1.54) is 6.92 Å². The van der Waals surface area contributed by atoms with Crippen molar-refractivity contribution < 1.29 is 23.8 Å². The molecule has 1 unspecified atom stereocenters. The first-order valence-electron chi connectivity index (χ1n) is 2.88. The molecule has 0 aliphatic rings. The molecule has 1 atom stereocenters. The van der Waals surface area contributed by atoms with E-state index in [1.54, 1.807) is 0 Å². The third-order valence-electron chi connectivity index (χ3n) is 0.715. The summed E-state index contributed by atoms with van der Waals surface area (Å²) in [6.07, 6.45) is 0.0988. The molecule has 0 aliphatic heterocycles. The Hall–Kier alpha value is -1.10. The lowest BCUT2D eigenvalue weighted by Crippen LogP contribution is -2.10. The average Bonchev–Trinajstić information content (AvgIpc) is 1.84. The molecule has 12 heavy (non-hydrogen) atoms. The zero-order valence-corrected chi connectivity index (χ0v) is 6.84. The van der Waals surface area contributed by atoms with Gasteiger partial charge in [-0.05, 0) is 6.92 Å². The van der Waals surface area contributed by atoms with Crippen LogP contribution in [-0.4, -0.2) is 22.6 Å². The number of aliphatic carboxylic acids is 1. The summed E-state index contributed by atoms with van der Waals surface area (Å²) in [4.78, 5) is 20.3. The summed E-state index contributed by atoms with van der Waals surface area (Å²) in [5, 5.41) is 8.01. The molecule has 0 aliphatic carbocycles. The molecule has 0 fully saturated rings. The SMILES string of the molecule is CC(Cl)OC(=O)/C(F)=C/C(=O)O. The summed E-state index contributed by atoms with van der Waals surface area (Å²) in [7, 11) is 0. The van der Waals surface area contributed by atoms with Gasteiger partial charge in [0.25, 0.3) is 0 Å². The second kappa shape index (κ2) is 4.71. The lowest BCUT2D eigenvalue weighted by atomic mass is 10.5. The average molecular weight is 197 g/mol. The highest BCUT2D eigenvalue weighted by atomic mass is 35.5. The van der Waals surface area contributed by atoms with Crippen LogP contribution in [0.4, 0.5) is 4.39 Å². The van der Waals surface area contributed by atoms with Crippen molar-refractivity contribution in [1.82, 2.24) is 0 Å². The Morgan fingerprint density at radius 1 is 1.67 bits per heavy atom. The summed E-state index contributed by atoms with van der Waals surface area (Å²) < 4.78 is 16.5. The number of carbonyl (C=O) groups excluding carboxylic acids is 1. The standard InChI is InChI=1S/C6H6ClFO4/c1-3(7)12-6(11)4(8)2-5(9)10/h2-3H,1H3,(H,9,10)/b4-2-. The van der Waals surface area contributed by atoms with E-state index in [9.17, 15) is 14.0 Å². The maximum atomic E-state index is 12.4. The molecule has 6 heteroatoms. The molecule has 0 rings (SSSR count). The van der Waals surface area contributed by atoms with Crippen LogP contribution in [0.2, 0.25) is 0 Å². The number of rotatable bonds is 3. The van der Waals surface area contributed by atoms with E-state index in [-0.39, 0.29) is 6.08 Å². The van der Waals surface area contributed by atoms with Crippen LogP contribution in [0.15, 0.2) is 11.9 Å². The fourth-order valence-electron chi connectivity index (χ4n) is 0.371. The van der Waals surface area contributed by atoms with E-state index >= 15 is 0 Å². The predicted octanol–water partition coefficient (Wildman–Crippen LogP) is 1.05. The highest BCUT2D eigenvalue weighted by Gasteiger charge is 2.14. The Kier molecular flexibility index (Phi) is 4.28. The number of carboxylic acids is 1. The lowest BCUT2D eigenvalue weighted by molar-refractivity contribution is -0.142. The first kappa shape index (κ1) is 10.9. The van der Waals surface area contributed by atoms with Gasteiger partial charge in [-0.15, -0.1) is 0 Å². The smallest absolute Gasteiger partial charge is 0.368 e. The van der Waals surface area contributed by atoms with Crippen molar-refractivity contribution in [2.45, 2.75) is 12.5 Å². The molecule has 0 aromatic rings. The first-order chi connectivity index (χ1) is 5.43. The molecule has 0 radical (unpaired) electrons. The summed E-state index contributed by atoms with van der Waals surface area (Å²) in [5.74, 6) is -4.44. The van der Waals surface area contributed by atoms with Crippen LogP contribution >= 0.6 is 11.6 Å². The molecule has 0 amide bonds. The second-order valence-electron chi connectivity index (χ2n) is 1.78. The van der Waals surface area contributed by atoms with Gasteiger partial charge in [0.05, 0.1) is 6.08 Å². The summed E-state index contributed by atoms with van der Waals surface area (Å²) in [6.45, 7) is 1.30. The fraction of sp³-hybridized carbons (Fsp3) is 0.333. The largest absolute Gasteiger partial charge is 0.478 e.